The molecule has 1 nitrogen and oxygen atoms in total. The molecule has 0 aliphatic carbocycles. The Hall–Kier alpha value is -1.66. The van der Waals surface area contributed by atoms with Gasteiger partial charge in [-0.25, -0.2) is 4.39 Å². The first-order valence-electron chi connectivity index (χ1n) is 5.41. The molecule has 0 bridgehead atoms. The van der Waals surface area contributed by atoms with Crippen molar-refractivity contribution in [2.75, 3.05) is 0 Å². The van der Waals surface area contributed by atoms with Gasteiger partial charge in [0.2, 0.25) is 0 Å². The highest BCUT2D eigenvalue weighted by atomic mass is 32.1. The van der Waals surface area contributed by atoms with Crippen molar-refractivity contribution in [2.45, 2.75) is 19.8 Å². The van der Waals surface area contributed by atoms with Gasteiger partial charge in [0.15, 0.2) is 0 Å². The van der Waals surface area contributed by atoms with Gasteiger partial charge >= 0.3 is 0 Å². The Bertz CT molecular complexity index is 578. The van der Waals surface area contributed by atoms with Crippen LogP contribution in [0.2, 0.25) is 0 Å². The highest BCUT2D eigenvalue weighted by Gasteiger charge is 2.08. The highest BCUT2D eigenvalue weighted by molar-refractivity contribution is 7.15. The Morgan fingerprint density at radius 2 is 2.00 bits per heavy atom. The van der Waals surface area contributed by atoms with E-state index in [0.717, 1.165) is 10.4 Å². The van der Waals surface area contributed by atoms with Crippen LogP contribution in [0.1, 0.15) is 30.2 Å². The Morgan fingerprint density at radius 1 is 1.24 bits per heavy atom. The predicted octanol–water partition coefficient (Wildman–Crippen LogP) is 4.55. The van der Waals surface area contributed by atoms with Crippen molar-refractivity contribution < 1.29 is 4.39 Å². The molecule has 3 heteroatoms. The van der Waals surface area contributed by atoms with Crippen LogP contribution in [-0.4, -0.2) is 0 Å². The topological polar surface area (TPSA) is 23.8 Å². The fourth-order valence-corrected chi connectivity index (χ4v) is 2.59. The molecule has 0 radical (unpaired) electrons. The van der Waals surface area contributed by atoms with E-state index >= 15 is 0 Å². The van der Waals surface area contributed by atoms with Crippen molar-refractivity contribution in [1.82, 2.24) is 0 Å². The normalized spacial score (nSPS) is 10.5. The van der Waals surface area contributed by atoms with Crippen molar-refractivity contribution in [3.8, 4) is 16.5 Å². The zero-order valence-corrected chi connectivity index (χ0v) is 10.5. The summed E-state index contributed by atoms with van der Waals surface area (Å²) in [5.74, 6) is 0.0292. The minimum atomic E-state index is -0.461. The summed E-state index contributed by atoms with van der Waals surface area (Å²) in [6.45, 7) is 4.28. The smallest absolute Gasteiger partial charge is 0.140 e. The number of halogens is 1. The van der Waals surface area contributed by atoms with E-state index in [2.05, 4.69) is 19.9 Å². The van der Waals surface area contributed by atoms with E-state index in [1.807, 2.05) is 12.1 Å². The summed E-state index contributed by atoms with van der Waals surface area (Å²) in [6, 6.07) is 10.6. The van der Waals surface area contributed by atoms with Crippen LogP contribution in [0.25, 0.3) is 10.4 Å². The summed E-state index contributed by atoms with van der Waals surface area (Å²) in [7, 11) is 0. The Balaban J connectivity index is 2.43. The van der Waals surface area contributed by atoms with Gasteiger partial charge in [-0.3, -0.25) is 0 Å². The van der Waals surface area contributed by atoms with E-state index in [1.54, 1.807) is 23.5 Å². The summed E-state index contributed by atoms with van der Waals surface area (Å²) in [4.78, 5) is 2.37. The van der Waals surface area contributed by atoms with E-state index < -0.39 is 5.82 Å². The van der Waals surface area contributed by atoms with Crippen molar-refractivity contribution in [3.05, 3.63) is 46.6 Å². The molecule has 0 spiro atoms. The molecule has 0 unspecified atom stereocenters. The molecule has 0 saturated heterocycles. The molecule has 0 N–H and O–H groups in total. The molecular formula is C14H12FNS. The van der Waals surface area contributed by atoms with Gasteiger partial charge in [-0.1, -0.05) is 19.9 Å². The van der Waals surface area contributed by atoms with Gasteiger partial charge in [0, 0.05) is 9.75 Å². The SMILES string of the molecule is CC(C)c1ccc(-c2ccc(F)c(C#N)c2)s1. The molecule has 0 aliphatic heterocycles. The van der Waals surface area contributed by atoms with Gasteiger partial charge in [-0.15, -0.1) is 11.3 Å². The third-order valence-corrected chi connectivity index (χ3v) is 4.00. The van der Waals surface area contributed by atoms with Gasteiger partial charge in [0.25, 0.3) is 0 Å². The van der Waals surface area contributed by atoms with Crippen LogP contribution < -0.4 is 0 Å². The first-order valence-corrected chi connectivity index (χ1v) is 6.23. The molecule has 86 valence electrons. The molecule has 17 heavy (non-hydrogen) atoms. The predicted molar refractivity (Wildman–Crippen MR) is 68.5 cm³/mol. The van der Waals surface area contributed by atoms with Gasteiger partial charge in [-0.2, -0.15) is 5.26 Å². The second kappa shape index (κ2) is 4.68. The maximum Gasteiger partial charge on any atom is 0.140 e. The molecule has 0 atom stereocenters. The third-order valence-electron chi connectivity index (χ3n) is 2.57. The number of nitriles is 1. The van der Waals surface area contributed by atoms with E-state index in [-0.39, 0.29) is 5.56 Å². The van der Waals surface area contributed by atoms with Crippen molar-refractivity contribution >= 4 is 11.3 Å². The van der Waals surface area contributed by atoms with Crippen LogP contribution in [0.3, 0.4) is 0 Å². The quantitative estimate of drug-likeness (QED) is 0.761. The summed E-state index contributed by atoms with van der Waals surface area (Å²) >= 11 is 1.69. The van der Waals surface area contributed by atoms with Crippen LogP contribution in [0.15, 0.2) is 30.3 Å². The minimum Gasteiger partial charge on any atom is -0.206 e. The van der Waals surface area contributed by atoms with Crippen molar-refractivity contribution in [3.63, 3.8) is 0 Å². The molecule has 2 rings (SSSR count). The van der Waals surface area contributed by atoms with Crippen LogP contribution in [0, 0.1) is 17.1 Å². The zero-order valence-electron chi connectivity index (χ0n) is 9.70. The lowest BCUT2D eigenvalue weighted by molar-refractivity contribution is 0.624. The molecule has 0 saturated carbocycles. The minimum absolute atomic E-state index is 0.0991. The molecule has 2 aromatic rings. The number of benzene rings is 1. The molecule has 1 aromatic heterocycles. The fourth-order valence-electron chi connectivity index (χ4n) is 1.58. The number of nitrogens with zero attached hydrogens (tertiary/aromatic N) is 1. The molecule has 0 aliphatic rings. The monoisotopic (exact) mass is 245 g/mol. The van der Waals surface area contributed by atoms with Crippen molar-refractivity contribution in [2.24, 2.45) is 0 Å². The van der Waals surface area contributed by atoms with Gasteiger partial charge in [0.05, 0.1) is 5.56 Å². The van der Waals surface area contributed by atoms with Gasteiger partial charge in [0.1, 0.15) is 11.9 Å². The van der Waals surface area contributed by atoms with E-state index in [0.29, 0.717) is 5.92 Å². The number of thiophene rings is 1. The average Bonchev–Trinajstić information content (AvgIpc) is 2.79. The van der Waals surface area contributed by atoms with E-state index in [4.69, 9.17) is 5.26 Å². The molecule has 1 heterocycles. The van der Waals surface area contributed by atoms with Gasteiger partial charge in [-0.05, 0) is 35.7 Å². The second-order valence-electron chi connectivity index (χ2n) is 4.16. The maximum atomic E-state index is 13.2. The third kappa shape index (κ3) is 2.37. The first-order chi connectivity index (χ1) is 8.11. The molecular weight excluding hydrogens is 233 g/mol. The summed E-state index contributed by atoms with van der Waals surface area (Å²) in [5.41, 5.74) is 1.00. The number of rotatable bonds is 2. The maximum absolute atomic E-state index is 13.2. The molecule has 0 amide bonds. The van der Waals surface area contributed by atoms with E-state index in [9.17, 15) is 4.39 Å². The lowest BCUT2D eigenvalue weighted by Gasteiger charge is -2.00. The Morgan fingerprint density at radius 3 is 2.59 bits per heavy atom. The van der Waals surface area contributed by atoms with Crippen LogP contribution in [0.5, 0.6) is 0 Å². The number of hydrogen-bond donors (Lipinski definition) is 0. The highest BCUT2D eigenvalue weighted by Crippen LogP contribution is 2.32. The first kappa shape index (κ1) is 11.8. The van der Waals surface area contributed by atoms with Crippen LogP contribution in [-0.2, 0) is 0 Å². The van der Waals surface area contributed by atoms with E-state index in [1.165, 1.54) is 10.9 Å². The average molecular weight is 245 g/mol. The largest absolute Gasteiger partial charge is 0.206 e. The Labute approximate surface area is 104 Å². The van der Waals surface area contributed by atoms with Crippen LogP contribution >= 0.6 is 11.3 Å². The summed E-state index contributed by atoms with van der Waals surface area (Å²) in [5, 5.41) is 8.80. The Kier molecular flexibility index (Phi) is 3.26. The fraction of sp³-hybridized carbons (Fsp3) is 0.214. The van der Waals surface area contributed by atoms with Crippen LogP contribution in [0.4, 0.5) is 4.39 Å². The molecule has 1 aromatic carbocycles. The number of hydrogen-bond acceptors (Lipinski definition) is 2. The lowest BCUT2D eigenvalue weighted by Crippen LogP contribution is -1.83. The summed E-state index contributed by atoms with van der Waals surface area (Å²) < 4.78 is 13.2. The van der Waals surface area contributed by atoms with Crippen molar-refractivity contribution in [1.29, 1.82) is 5.26 Å². The second-order valence-corrected chi connectivity index (χ2v) is 5.28. The standard InChI is InChI=1S/C14H12FNS/c1-9(2)13-5-6-14(17-13)10-3-4-12(15)11(7-10)8-16/h3-7,9H,1-2H3. The lowest BCUT2D eigenvalue weighted by atomic mass is 10.1. The zero-order chi connectivity index (χ0) is 12.4. The van der Waals surface area contributed by atoms with Gasteiger partial charge < -0.3 is 0 Å². The summed E-state index contributed by atoms with van der Waals surface area (Å²) in [6.07, 6.45) is 0. The molecule has 0 fully saturated rings.